The van der Waals surface area contributed by atoms with E-state index in [2.05, 4.69) is 13.2 Å². The summed E-state index contributed by atoms with van der Waals surface area (Å²) in [5.74, 6) is 0. The van der Waals surface area contributed by atoms with Crippen LogP contribution in [0.4, 0.5) is 0 Å². The molecule has 0 saturated heterocycles. The molecule has 0 aromatic rings. The second kappa shape index (κ2) is 17.6. The second-order valence-corrected chi connectivity index (χ2v) is 2.51. The zero-order chi connectivity index (χ0) is 11.3. The normalized spacial score (nSPS) is 9.38. The molecular formula is C12H24S. The summed E-state index contributed by atoms with van der Waals surface area (Å²) >= 11 is 1.69. The first kappa shape index (κ1) is 18.4. The van der Waals surface area contributed by atoms with E-state index in [-0.39, 0.29) is 0 Å². The molecule has 0 bridgehead atoms. The molecule has 0 aliphatic heterocycles. The summed E-state index contributed by atoms with van der Waals surface area (Å²) in [4.78, 5) is 1.20. The molecule has 0 spiro atoms. The molecule has 1 heteroatoms. The van der Waals surface area contributed by atoms with Gasteiger partial charge >= 0.3 is 0 Å². The van der Waals surface area contributed by atoms with Crippen LogP contribution in [0.2, 0.25) is 0 Å². The van der Waals surface area contributed by atoms with E-state index in [1.807, 2.05) is 53.0 Å². The SMILES string of the molecule is C=C/C(C)=C(\C=C)SC.CC.CC. The van der Waals surface area contributed by atoms with Gasteiger partial charge in [0.15, 0.2) is 0 Å². The van der Waals surface area contributed by atoms with Crippen LogP contribution >= 0.6 is 11.8 Å². The zero-order valence-electron chi connectivity index (χ0n) is 9.98. The third-order valence-corrected chi connectivity index (χ3v) is 2.03. The predicted octanol–water partition coefficient (Wildman–Crippen LogP) is 5.05. The lowest BCUT2D eigenvalue weighted by molar-refractivity contribution is 1.50. The lowest BCUT2D eigenvalue weighted by atomic mass is 10.3. The van der Waals surface area contributed by atoms with Crippen molar-refractivity contribution in [2.45, 2.75) is 34.6 Å². The molecule has 0 unspecified atom stereocenters. The van der Waals surface area contributed by atoms with E-state index >= 15 is 0 Å². The Morgan fingerprint density at radius 1 is 1.00 bits per heavy atom. The highest BCUT2D eigenvalue weighted by Crippen LogP contribution is 2.17. The van der Waals surface area contributed by atoms with E-state index in [4.69, 9.17) is 0 Å². The van der Waals surface area contributed by atoms with Gasteiger partial charge in [-0.25, -0.2) is 0 Å². The highest BCUT2D eigenvalue weighted by Gasteiger charge is 1.89. The molecular weight excluding hydrogens is 176 g/mol. The average Bonchev–Trinajstić information content (AvgIpc) is 2.25. The molecule has 0 aromatic heterocycles. The van der Waals surface area contributed by atoms with Crippen molar-refractivity contribution in [1.82, 2.24) is 0 Å². The maximum Gasteiger partial charge on any atom is 0.00922 e. The summed E-state index contributed by atoms with van der Waals surface area (Å²) in [5, 5.41) is 0. The van der Waals surface area contributed by atoms with Crippen LogP contribution in [0.5, 0.6) is 0 Å². The van der Waals surface area contributed by atoms with Gasteiger partial charge in [0.25, 0.3) is 0 Å². The molecule has 0 N–H and O–H groups in total. The predicted molar refractivity (Wildman–Crippen MR) is 69.3 cm³/mol. The number of thioether (sulfide) groups is 1. The molecule has 0 atom stereocenters. The van der Waals surface area contributed by atoms with Crippen molar-refractivity contribution in [3.8, 4) is 0 Å². The van der Waals surface area contributed by atoms with Crippen molar-refractivity contribution in [1.29, 1.82) is 0 Å². The Morgan fingerprint density at radius 2 is 1.38 bits per heavy atom. The van der Waals surface area contributed by atoms with Gasteiger partial charge in [-0.3, -0.25) is 0 Å². The van der Waals surface area contributed by atoms with E-state index < -0.39 is 0 Å². The molecule has 0 aromatic carbocycles. The van der Waals surface area contributed by atoms with E-state index in [1.54, 1.807) is 11.8 Å². The molecule has 0 amide bonds. The van der Waals surface area contributed by atoms with E-state index in [1.165, 1.54) is 10.5 Å². The van der Waals surface area contributed by atoms with Gasteiger partial charge < -0.3 is 0 Å². The van der Waals surface area contributed by atoms with Crippen LogP contribution in [0, 0.1) is 0 Å². The zero-order valence-corrected chi connectivity index (χ0v) is 10.8. The Labute approximate surface area is 88.8 Å². The average molecular weight is 200 g/mol. The number of rotatable bonds is 3. The van der Waals surface area contributed by atoms with Crippen molar-refractivity contribution in [3.63, 3.8) is 0 Å². The monoisotopic (exact) mass is 200 g/mol. The van der Waals surface area contributed by atoms with Crippen molar-refractivity contribution in [3.05, 3.63) is 35.8 Å². The lowest BCUT2D eigenvalue weighted by Crippen LogP contribution is -1.73. The molecule has 0 heterocycles. The van der Waals surface area contributed by atoms with Gasteiger partial charge in [0.05, 0.1) is 0 Å². The summed E-state index contributed by atoms with van der Waals surface area (Å²) < 4.78 is 0. The second-order valence-electron chi connectivity index (χ2n) is 1.66. The Hall–Kier alpha value is -0.430. The van der Waals surface area contributed by atoms with Gasteiger partial charge in [0.1, 0.15) is 0 Å². The summed E-state index contributed by atoms with van der Waals surface area (Å²) in [7, 11) is 0. The van der Waals surface area contributed by atoms with Gasteiger partial charge in [-0.2, -0.15) is 0 Å². The standard InChI is InChI=1S/C8H12S.2C2H6/c1-5-7(3)8(6-2)9-4;2*1-2/h5-6H,1-2H2,3-4H3;2*1-2H3/b8-7+;;. The summed E-state index contributed by atoms with van der Waals surface area (Å²) in [6.07, 6.45) is 5.72. The number of hydrogen-bond donors (Lipinski definition) is 0. The van der Waals surface area contributed by atoms with Crippen LogP contribution in [-0.4, -0.2) is 6.26 Å². The van der Waals surface area contributed by atoms with Crippen LogP contribution in [-0.2, 0) is 0 Å². The molecule has 0 aliphatic carbocycles. The maximum absolute atomic E-state index is 3.67. The Bertz CT molecular complexity index is 143. The molecule has 0 nitrogen and oxygen atoms in total. The third-order valence-electron chi connectivity index (χ3n) is 1.10. The first-order chi connectivity index (χ1) is 6.26. The van der Waals surface area contributed by atoms with Crippen molar-refractivity contribution < 1.29 is 0 Å². The van der Waals surface area contributed by atoms with Gasteiger partial charge in [-0.05, 0) is 18.8 Å². The Morgan fingerprint density at radius 3 is 1.46 bits per heavy atom. The van der Waals surface area contributed by atoms with Crippen LogP contribution < -0.4 is 0 Å². The van der Waals surface area contributed by atoms with Crippen LogP contribution in [0.1, 0.15) is 34.6 Å². The molecule has 0 aliphatic rings. The summed E-state index contributed by atoms with van der Waals surface area (Å²) in [6, 6.07) is 0. The first-order valence-corrected chi connectivity index (χ1v) is 5.98. The lowest BCUT2D eigenvalue weighted by Gasteiger charge is -1.97. The smallest absolute Gasteiger partial charge is 0.00922 e. The van der Waals surface area contributed by atoms with Crippen molar-refractivity contribution >= 4 is 11.8 Å². The van der Waals surface area contributed by atoms with E-state index in [0.717, 1.165) is 0 Å². The van der Waals surface area contributed by atoms with Gasteiger partial charge in [-0.1, -0.05) is 53.0 Å². The van der Waals surface area contributed by atoms with Gasteiger partial charge in [0.2, 0.25) is 0 Å². The number of hydrogen-bond acceptors (Lipinski definition) is 1. The van der Waals surface area contributed by atoms with Crippen LogP contribution in [0.3, 0.4) is 0 Å². The molecule has 0 radical (unpaired) electrons. The quantitative estimate of drug-likeness (QED) is 0.575. The summed E-state index contributed by atoms with van der Waals surface area (Å²) in [6.45, 7) is 17.4. The fourth-order valence-corrected chi connectivity index (χ4v) is 1.08. The van der Waals surface area contributed by atoms with Gasteiger partial charge in [-0.15, -0.1) is 11.8 Å². The molecule has 78 valence electrons. The van der Waals surface area contributed by atoms with Crippen LogP contribution in [0.25, 0.3) is 0 Å². The van der Waals surface area contributed by atoms with E-state index in [0.29, 0.717) is 0 Å². The largest absolute Gasteiger partial charge is 0.129 e. The first-order valence-electron chi connectivity index (χ1n) is 4.76. The Balaban J connectivity index is -0.000000218. The third kappa shape index (κ3) is 11.6. The van der Waals surface area contributed by atoms with Crippen molar-refractivity contribution in [2.75, 3.05) is 6.26 Å². The van der Waals surface area contributed by atoms with Gasteiger partial charge in [0, 0.05) is 4.91 Å². The minimum Gasteiger partial charge on any atom is -0.129 e. The molecule has 0 fully saturated rings. The van der Waals surface area contributed by atoms with E-state index in [9.17, 15) is 0 Å². The fraction of sp³-hybridized carbons (Fsp3) is 0.500. The minimum absolute atomic E-state index is 1.19. The highest BCUT2D eigenvalue weighted by molar-refractivity contribution is 8.02. The van der Waals surface area contributed by atoms with Crippen molar-refractivity contribution in [2.24, 2.45) is 0 Å². The number of allylic oxidation sites excluding steroid dienone is 3. The molecule has 0 saturated carbocycles. The fourth-order valence-electron chi connectivity index (χ4n) is 0.506. The summed E-state index contributed by atoms with van der Waals surface area (Å²) in [5.41, 5.74) is 1.19. The minimum atomic E-state index is 1.19. The maximum atomic E-state index is 3.67. The Kier molecular flexibility index (Phi) is 24.9. The molecule has 0 rings (SSSR count). The topological polar surface area (TPSA) is 0 Å². The van der Waals surface area contributed by atoms with Crippen LogP contribution in [0.15, 0.2) is 35.8 Å². The highest BCUT2D eigenvalue weighted by atomic mass is 32.2. The molecule has 13 heavy (non-hydrogen) atoms.